The fraction of sp³-hybridized carbons (Fsp3) is 0.522. The Morgan fingerprint density at radius 3 is 2.60 bits per heavy atom. The molecular weight excluding hydrogens is 384 g/mol. The Morgan fingerprint density at radius 1 is 1.33 bits per heavy atom. The third kappa shape index (κ3) is 3.26. The van der Waals surface area contributed by atoms with Crippen molar-refractivity contribution in [2.75, 3.05) is 13.7 Å². The number of carboxylic acids is 1. The highest BCUT2D eigenvalue weighted by molar-refractivity contribution is 5.87. The maximum Gasteiger partial charge on any atom is 0.341 e. The molecule has 1 N–H and O–H groups in total. The quantitative estimate of drug-likeness (QED) is 0.805. The number of fused-ring (bicyclic) bond motifs is 3. The number of aromatic nitrogens is 2. The number of rotatable bonds is 5. The Bertz CT molecular complexity index is 1080. The molecule has 7 nitrogen and oxygen atoms in total. The number of methoxy groups -OCH3 is 1. The van der Waals surface area contributed by atoms with Gasteiger partial charge in [-0.1, -0.05) is 20.8 Å². The van der Waals surface area contributed by atoms with E-state index in [9.17, 15) is 14.7 Å². The number of nitrogens with zero attached hydrogens (tertiary/aromatic N) is 2. The van der Waals surface area contributed by atoms with Crippen molar-refractivity contribution in [1.29, 1.82) is 0 Å². The van der Waals surface area contributed by atoms with Crippen LogP contribution in [0.15, 0.2) is 23.1 Å². The van der Waals surface area contributed by atoms with E-state index in [0.29, 0.717) is 42.0 Å². The second kappa shape index (κ2) is 6.86. The van der Waals surface area contributed by atoms with E-state index in [1.807, 2.05) is 10.6 Å². The summed E-state index contributed by atoms with van der Waals surface area (Å²) in [7, 11) is 1.54. The molecule has 1 aliphatic carbocycles. The summed E-state index contributed by atoms with van der Waals surface area (Å²) in [6.07, 6.45) is 4.45. The summed E-state index contributed by atoms with van der Waals surface area (Å²) in [6, 6.07) is 3.34. The van der Waals surface area contributed by atoms with Gasteiger partial charge in [-0.2, -0.15) is 0 Å². The van der Waals surface area contributed by atoms with Crippen LogP contribution in [0.1, 0.15) is 56.5 Å². The van der Waals surface area contributed by atoms with Crippen LogP contribution in [-0.4, -0.2) is 34.3 Å². The van der Waals surface area contributed by atoms with Crippen molar-refractivity contribution < 1.29 is 19.4 Å². The van der Waals surface area contributed by atoms with E-state index < -0.39 is 16.9 Å². The largest absolute Gasteiger partial charge is 0.488 e. The Balaban J connectivity index is 1.93. The molecule has 0 amide bonds. The molecule has 0 aromatic carbocycles. The summed E-state index contributed by atoms with van der Waals surface area (Å²) in [5.74, 6) is 0.346. The Hall–Kier alpha value is -2.83. The van der Waals surface area contributed by atoms with Crippen LogP contribution < -0.4 is 14.9 Å². The number of aromatic carboxylic acids is 1. The number of pyridine rings is 2. The fourth-order valence-electron chi connectivity index (χ4n) is 3.98. The zero-order valence-electron chi connectivity index (χ0n) is 18.1. The summed E-state index contributed by atoms with van der Waals surface area (Å²) in [6.45, 7) is 9.07. The van der Waals surface area contributed by atoms with Crippen LogP contribution in [-0.2, 0) is 12.0 Å². The van der Waals surface area contributed by atoms with Gasteiger partial charge in [-0.25, -0.2) is 9.78 Å². The number of carboxylic acid groups (broad SMARTS) is 1. The molecule has 0 spiro atoms. The lowest BCUT2D eigenvalue weighted by Gasteiger charge is -2.48. The van der Waals surface area contributed by atoms with E-state index in [2.05, 4.69) is 32.7 Å². The lowest BCUT2D eigenvalue weighted by Crippen LogP contribution is -2.48. The molecule has 0 unspecified atom stereocenters. The van der Waals surface area contributed by atoms with Crippen LogP contribution >= 0.6 is 0 Å². The molecule has 2 aliphatic rings. The van der Waals surface area contributed by atoms with Crippen LogP contribution in [0, 0.1) is 11.3 Å². The van der Waals surface area contributed by atoms with Crippen molar-refractivity contribution in [3.63, 3.8) is 0 Å². The van der Waals surface area contributed by atoms with Gasteiger partial charge < -0.3 is 19.1 Å². The number of ether oxygens (including phenoxy) is 2. The normalized spacial score (nSPS) is 20.3. The zero-order valence-corrected chi connectivity index (χ0v) is 18.1. The Morgan fingerprint density at radius 2 is 2.03 bits per heavy atom. The van der Waals surface area contributed by atoms with Crippen molar-refractivity contribution in [3.05, 3.63) is 39.7 Å². The van der Waals surface area contributed by atoms with Gasteiger partial charge in [0.05, 0.1) is 30.6 Å². The molecule has 1 fully saturated rings. The van der Waals surface area contributed by atoms with E-state index in [1.54, 1.807) is 7.11 Å². The summed E-state index contributed by atoms with van der Waals surface area (Å²) < 4.78 is 13.4. The van der Waals surface area contributed by atoms with Crippen molar-refractivity contribution in [1.82, 2.24) is 9.55 Å². The molecule has 2 aromatic heterocycles. The SMILES string of the molecule is COc1nc2c(cc1OCC1CC1)C[C@](C)(C(C)(C)C)n1cc(C(=O)O)c(=O)cc1-2. The fourth-order valence-corrected chi connectivity index (χ4v) is 3.98. The highest BCUT2D eigenvalue weighted by Crippen LogP contribution is 2.48. The lowest BCUT2D eigenvalue weighted by atomic mass is 9.69. The molecule has 1 atom stereocenters. The average Bonchev–Trinajstić information content (AvgIpc) is 3.48. The van der Waals surface area contributed by atoms with E-state index >= 15 is 0 Å². The van der Waals surface area contributed by atoms with Crippen molar-refractivity contribution in [2.45, 2.75) is 52.5 Å². The predicted octanol–water partition coefficient (Wildman–Crippen LogP) is 3.72. The smallest absolute Gasteiger partial charge is 0.341 e. The van der Waals surface area contributed by atoms with Crippen LogP contribution in [0.4, 0.5) is 0 Å². The highest BCUT2D eigenvalue weighted by atomic mass is 16.5. The molecule has 1 aliphatic heterocycles. The van der Waals surface area contributed by atoms with Crippen LogP contribution in [0.25, 0.3) is 11.4 Å². The van der Waals surface area contributed by atoms with Gasteiger partial charge in [-0.05, 0) is 49.1 Å². The van der Waals surface area contributed by atoms with Gasteiger partial charge in [-0.3, -0.25) is 4.79 Å². The van der Waals surface area contributed by atoms with E-state index in [1.165, 1.54) is 25.1 Å². The molecule has 3 heterocycles. The first kappa shape index (κ1) is 20.4. The van der Waals surface area contributed by atoms with Gasteiger partial charge >= 0.3 is 5.97 Å². The van der Waals surface area contributed by atoms with Crippen LogP contribution in [0.2, 0.25) is 0 Å². The lowest BCUT2D eigenvalue weighted by molar-refractivity contribution is 0.0689. The van der Waals surface area contributed by atoms with E-state index in [0.717, 1.165) is 5.56 Å². The maximum atomic E-state index is 12.5. The molecule has 160 valence electrons. The van der Waals surface area contributed by atoms with Gasteiger partial charge in [0.25, 0.3) is 5.88 Å². The first-order valence-corrected chi connectivity index (χ1v) is 10.3. The minimum atomic E-state index is -1.23. The molecule has 2 aromatic rings. The van der Waals surface area contributed by atoms with Gasteiger partial charge in [-0.15, -0.1) is 0 Å². The minimum absolute atomic E-state index is 0.223. The molecule has 1 saturated carbocycles. The monoisotopic (exact) mass is 412 g/mol. The van der Waals surface area contributed by atoms with E-state index in [-0.39, 0.29) is 11.0 Å². The van der Waals surface area contributed by atoms with Gasteiger partial charge in [0.1, 0.15) is 5.56 Å². The molecule has 0 bridgehead atoms. The molecule has 30 heavy (non-hydrogen) atoms. The Kier molecular flexibility index (Phi) is 4.67. The van der Waals surface area contributed by atoms with Crippen molar-refractivity contribution >= 4 is 5.97 Å². The number of hydrogen-bond donors (Lipinski definition) is 1. The van der Waals surface area contributed by atoms with E-state index in [4.69, 9.17) is 9.47 Å². The third-order valence-electron chi connectivity index (χ3n) is 6.60. The molecule has 7 heteroatoms. The number of carbonyl (C=O) groups is 1. The third-order valence-corrected chi connectivity index (χ3v) is 6.60. The molecule has 0 saturated heterocycles. The first-order valence-electron chi connectivity index (χ1n) is 10.3. The van der Waals surface area contributed by atoms with Crippen LogP contribution in [0.3, 0.4) is 0 Å². The average molecular weight is 412 g/mol. The summed E-state index contributed by atoms with van der Waals surface area (Å²) >= 11 is 0. The zero-order chi connectivity index (χ0) is 21.8. The summed E-state index contributed by atoms with van der Waals surface area (Å²) in [4.78, 5) is 28.8. The van der Waals surface area contributed by atoms with Crippen molar-refractivity contribution in [3.8, 4) is 23.0 Å². The van der Waals surface area contributed by atoms with Gasteiger partial charge in [0.15, 0.2) is 11.2 Å². The van der Waals surface area contributed by atoms with Gasteiger partial charge in [0, 0.05) is 12.3 Å². The predicted molar refractivity (Wildman–Crippen MR) is 112 cm³/mol. The first-order chi connectivity index (χ1) is 14.0. The van der Waals surface area contributed by atoms with Gasteiger partial charge in [0.2, 0.25) is 0 Å². The van der Waals surface area contributed by atoms with Crippen LogP contribution in [0.5, 0.6) is 11.6 Å². The molecule has 4 rings (SSSR count). The summed E-state index contributed by atoms with van der Waals surface area (Å²) in [5.41, 5.74) is 0.705. The van der Waals surface area contributed by atoms with Crippen molar-refractivity contribution in [2.24, 2.45) is 11.3 Å². The molecule has 0 radical (unpaired) electrons. The highest BCUT2D eigenvalue weighted by Gasteiger charge is 2.44. The maximum absolute atomic E-state index is 12.5. The Labute approximate surface area is 175 Å². The topological polar surface area (TPSA) is 90.7 Å². The number of hydrogen-bond acceptors (Lipinski definition) is 5. The molecular formula is C23H28N2O5. The second-order valence-corrected chi connectivity index (χ2v) is 9.57. The minimum Gasteiger partial charge on any atom is -0.488 e. The standard InChI is InChI=1S/C23H28N2O5/c1-22(2,3)23(4)10-14-8-18(30-12-13-6-7-13)20(29-5)24-19(14)16-9-17(26)15(21(27)28)11-25(16)23/h8-9,11,13H,6-7,10,12H2,1-5H3,(H,27,28)/t23-/m1/s1. The summed E-state index contributed by atoms with van der Waals surface area (Å²) in [5, 5.41) is 9.50. The second-order valence-electron chi connectivity index (χ2n) is 9.57.